The van der Waals surface area contributed by atoms with Crippen LogP contribution in [0.3, 0.4) is 0 Å². The van der Waals surface area contributed by atoms with E-state index in [0.29, 0.717) is 31.1 Å². The van der Waals surface area contributed by atoms with E-state index in [9.17, 15) is 14.7 Å². The number of hydrogen-bond acceptors (Lipinski definition) is 5. The Labute approximate surface area is 176 Å². The lowest BCUT2D eigenvalue weighted by Crippen LogP contribution is -2.36. The van der Waals surface area contributed by atoms with Crippen LogP contribution in [-0.4, -0.2) is 42.0 Å². The number of aromatic hydroxyl groups is 1. The van der Waals surface area contributed by atoms with Crippen molar-refractivity contribution in [3.8, 4) is 5.75 Å². The Balaban J connectivity index is 1.57. The number of likely N-dealkylation sites (tertiary alicyclic amines) is 1. The molecule has 30 heavy (non-hydrogen) atoms. The minimum Gasteiger partial charge on any atom is -0.507 e. The highest BCUT2D eigenvalue weighted by molar-refractivity contribution is 5.97. The molecule has 1 heterocycles. The van der Waals surface area contributed by atoms with Gasteiger partial charge in [0.05, 0.1) is 12.7 Å². The van der Waals surface area contributed by atoms with Crippen LogP contribution in [0.5, 0.6) is 5.75 Å². The number of piperidine rings is 1. The lowest BCUT2D eigenvalue weighted by Gasteiger charge is -2.31. The van der Waals surface area contributed by atoms with Gasteiger partial charge in [-0.3, -0.25) is 14.4 Å². The molecular formula is C23H27N3O4. The minimum atomic E-state index is -0.540. The summed E-state index contributed by atoms with van der Waals surface area (Å²) in [5.41, 5.74) is 11.0. The summed E-state index contributed by atoms with van der Waals surface area (Å²) in [5.74, 6) is -0.349. The van der Waals surface area contributed by atoms with Crippen LogP contribution < -0.4 is 11.2 Å². The number of carbonyl (C=O) groups excluding carboxylic acids is 2. The number of nitrogens with zero attached hydrogens (tertiary/aromatic N) is 1. The fourth-order valence-corrected chi connectivity index (χ4v) is 3.67. The molecule has 3 rings (SSSR count). The minimum absolute atomic E-state index is 0.0650. The van der Waals surface area contributed by atoms with E-state index in [0.717, 1.165) is 18.4 Å². The molecule has 0 aliphatic carbocycles. The van der Waals surface area contributed by atoms with Crippen molar-refractivity contribution >= 4 is 17.9 Å². The molecule has 1 saturated heterocycles. The number of carbonyl (C=O) groups is 2. The zero-order chi connectivity index (χ0) is 21.5. The molecule has 158 valence electrons. The summed E-state index contributed by atoms with van der Waals surface area (Å²) in [5, 5.41) is 10.0. The van der Waals surface area contributed by atoms with Crippen LogP contribution in [0.4, 0.5) is 0 Å². The maximum Gasteiger partial charge on any atom is 0.278 e. The Morgan fingerprint density at radius 1 is 1.23 bits per heavy atom. The number of rotatable bonds is 6. The smallest absolute Gasteiger partial charge is 0.278 e. The topological polar surface area (TPSA) is 105 Å². The first-order valence-corrected chi connectivity index (χ1v) is 9.94. The van der Waals surface area contributed by atoms with Gasteiger partial charge in [-0.15, -0.1) is 0 Å². The monoisotopic (exact) mass is 409 g/mol. The molecule has 7 heteroatoms. The number of nitrogens with two attached hydrogens (primary N) is 1. The lowest BCUT2D eigenvalue weighted by atomic mass is 9.88. The van der Waals surface area contributed by atoms with Gasteiger partial charge in [-0.25, -0.2) is 5.48 Å². The fourth-order valence-electron chi connectivity index (χ4n) is 3.67. The Morgan fingerprint density at radius 2 is 2.00 bits per heavy atom. The molecule has 0 spiro atoms. The van der Waals surface area contributed by atoms with Crippen molar-refractivity contribution in [1.29, 1.82) is 0 Å². The molecule has 0 radical (unpaired) electrons. The Morgan fingerprint density at radius 3 is 2.67 bits per heavy atom. The first kappa shape index (κ1) is 21.5. The number of hydrogen-bond donors (Lipinski definition) is 3. The fraction of sp³-hybridized carbons (Fsp3) is 0.304. The summed E-state index contributed by atoms with van der Waals surface area (Å²) in [6, 6.07) is 12.9. The van der Waals surface area contributed by atoms with E-state index in [1.54, 1.807) is 12.1 Å². The molecule has 2 amide bonds. The van der Waals surface area contributed by atoms with Crippen LogP contribution in [0.25, 0.3) is 6.08 Å². The number of nitrogens with one attached hydrogen (secondary N) is 1. The second-order valence-corrected chi connectivity index (χ2v) is 7.29. The molecule has 1 aliphatic heterocycles. The summed E-state index contributed by atoms with van der Waals surface area (Å²) < 4.78 is 0. The number of phenols is 1. The molecule has 1 aliphatic rings. The zero-order valence-electron chi connectivity index (χ0n) is 17.0. The summed E-state index contributed by atoms with van der Waals surface area (Å²) >= 11 is 0. The van der Waals surface area contributed by atoms with E-state index in [4.69, 9.17) is 5.73 Å². The molecule has 2 aromatic carbocycles. The standard InChI is InChI=1S/C23H27N3O4/c1-30-25-23(29)20-7-5-16(14-21(20)27)6-8-22(28)26-11-9-18(10-12-26)19-4-2-3-17(13-19)15-24/h2-8,13-14,18,27H,9-12,15,24H2,1H3,(H,25,29). The van der Waals surface area contributed by atoms with Crippen molar-refractivity contribution in [3.63, 3.8) is 0 Å². The molecule has 1 fully saturated rings. The van der Waals surface area contributed by atoms with Crippen molar-refractivity contribution in [2.75, 3.05) is 20.2 Å². The van der Waals surface area contributed by atoms with E-state index >= 15 is 0 Å². The van der Waals surface area contributed by atoms with Gasteiger partial charge >= 0.3 is 0 Å². The predicted molar refractivity (Wildman–Crippen MR) is 115 cm³/mol. The van der Waals surface area contributed by atoms with Crippen molar-refractivity contribution in [2.24, 2.45) is 5.73 Å². The van der Waals surface area contributed by atoms with Crippen molar-refractivity contribution in [2.45, 2.75) is 25.3 Å². The molecule has 0 saturated carbocycles. The molecule has 4 N–H and O–H groups in total. The zero-order valence-corrected chi connectivity index (χ0v) is 17.0. The molecule has 2 aromatic rings. The molecular weight excluding hydrogens is 382 g/mol. The van der Waals surface area contributed by atoms with Gasteiger partial charge < -0.3 is 15.7 Å². The third kappa shape index (κ3) is 5.25. The van der Waals surface area contributed by atoms with Crippen LogP contribution in [-0.2, 0) is 16.2 Å². The molecule has 7 nitrogen and oxygen atoms in total. The van der Waals surface area contributed by atoms with Crippen LogP contribution >= 0.6 is 0 Å². The highest BCUT2D eigenvalue weighted by Crippen LogP contribution is 2.28. The van der Waals surface area contributed by atoms with E-state index in [1.807, 2.05) is 17.0 Å². The van der Waals surface area contributed by atoms with Gasteiger partial charge in [0.15, 0.2) is 0 Å². The molecule has 0 atom stereocenters. The van der Waals surface area contributed by atoms with Crippen LogP contribution in [0.15, 0.2) is 48.5 Å². The third-order valence-electron chi connectivity index (χ3n) is 5.34. The average molecular weight is 409 g/mol. The van der Waals surface area contributed by atoms with Gasteiger partial charge in [0.1, 0.15) is 5.75 Å². The lowest BCUT2D eigenvalue weighted by molar-refractivity contribution is -0.126. The Hall–Kier alpha value is -3.16. The van der Waals surface area contributed by atoms with Gasteiger partial charge in [0, 0.05) is 25.7 Å². The largest absolute Gasteiger partial charge is 0.507 e. The van der Waals surface area contributed by atoms with E-state index < -0.39 is 5.91 Å². The number of hydroxylamine groups is 1. The summed E-state index contributed by atoms with van der Waals surface area (Å²) in [4.78, 5) is 30.7. The van der Waals surface area contributed by atoms with Crippen LogP contribution in [0, 0.1) is 0 Å². The van der Waals surface area contributed by atoms with E-state index in [-0.39, 0.29) is 17.2 Å². The SMILES string of the molecule is CONC(=O)c1ccc(C=CC(=O)N2CCC(c3cccc(CN)c3)CC2)cc1O. The number of phenolic OH excluding ortho intramolecular Hbond substituents is 1. The van der Waals surface area contributed by atoms with E-state index in [1.165, 1.54) is 30.9 Å². The van der Waals surface area contributed by atoms with E-state index in [2.05, 4.69) is 22.5 Å². The number of benzene rings is 2. The summed E-state index contributed by atoms with van der Waals surface area (Å²) in [7, 11) is 1.32. The van der Waals surface area contributed by atoms with Crippen LogP contribution in [0.2, 0.25) is 0 Å². The normalized spacial score (nSPS) is 14.8. The predicted octanol–water partition coefficient (Wildman–Crippen LogP) is 2.56. The Bertz CT molecular complexity index is 934. The third-order valence-corrected chi connectivity index (χ3v) is 5.34. The van der Waals surface area contributed by atoms with Gasteiger partial charge in [0.25, 0.3) is 5.91 Å². The van der Waals surface area contributed by atoms with Crippen molar-refractivity contribution < 1.29 is 19.5 Å². The highest BCUT2D eigenvalue weighted by Gasteiger charge is 2.22. The van der Waals surface area contributed by atoms with Crippen LogP contribution in [0.1, 0.15) is 45.8 Å². The second kappa shape index (κ2) is 10.0. The maximum atomic E-state index is 12.5. The molecule has 0 unspecified atom stereocenters. The van der Waals surface area contributed by atoms with Gasteiger partial charge in [0.2, 0.25) is 5.91 Å². The first-order valence-electron chi connectivity index (χ1n) is 9.94. The molecule has 0 bridgehead atoms. The van der Waals surface area contributed by atoms with Gasteiger partial charge in [-0.2, -0.15) is 0 Å². The first-order chi connectivity index (χ1) is 14.5. The second-order valence-electron chi connectivity index (χ2n) is 7.29. The quantitative estimate of drug-likeness (QED) is 0.502. The maximum absolute atomic E-state index is 12.5. The van der Waals surface area contributed by atoms with Crippen molar-refractivity contribution in [1.82, 2.24) is 10.4 Å². The Kier molecular flexibility index (Phi) is 7.21. The number of amides is 2. The van der Waals surface area contributed by atoms with Gasteiger partial charge in [-0.05, 0) is 53.7 Å². The molecule has 0 aromatic heterocycles. The van der Waals surface area contributed by atoms with Crippen molar-refractivity contribution in [3.05, 3.63) is 70.8 Å². The summed E-state index contributed by atoms with van der Waals surface area (Å²) in [6.07, 6.45) is 4.96. The van der Waals surface area contributed by atoms with Gasteiger partial charge in [-0.1, -0.05) is 30.3 Å². The average Bonchev–Trinajstić information content (AvgIpc) is 2.77. The summed E-state index contributed by atoms with van der Waals surface area (Å²) in [6.45, 7) is 1.92. The highest BCUT2D eigenvalue weighted by atomic mass is 16.6.